The topological polar surface area (TPSA) is 75.2 Å². The highest BCUT2D eigenvalue weighted by Gasteiger charge is 2.41. The molecule has 0 bridgehead atoms. The maximum Gasteiger partial charge on any atom is 0.337 e. The van der Waals surface area contributed by atoms with Gasteiger partial charge in [-0.15, -0.1) is 11.3 Å². The fourth-order valence-corrected chi connectivity index (χ4v) is 6.04. The third kappa shape index (κ3) is 3.06. The molecule has 1 unspecified atom stereocenters. The number of benzene rings is 3. The molecule has 1 atom stereocenters. The average Bonchev–Trinajstić information content (AvgIpc) is 3.56. The molecule has 4 aromatic rings. The Bertz CT molecular complexity index is 1540. The number of methoxy groups -OCH3 is 4. The van der Waals surface area contributed by atoms with E-state index in [-0.39, 0.29) is 18.5 Å². The largest absolute Gasteiger partial charge is 0.493 e. The summed E-state index contributed by atoms with van der Waals surface area (Å²) >= 11 is 1.62. The number of ether oxygens (including phenoxy) is 5. The molecule has 178 valence electrons. The predicted octanol–water partition coefficient (Wildman–Crippen LogP) is 5.46. The van der Waals surface area contributed by atoms with Crippen LogP contribution in [0.5, 0.6) is 23.0 Å². The van der Waals surface area contributed by atoms with Crippen LogP contribution in [-0.4, -0.2) is 41.0 Å². The molecule has 0 amide bonds. The van der Waals surface area contributed by atoms with Crippen LogP contribution in [0, 0.1) is 0 Å². The van der Waals surface area contributed by atoms with Gasteiger partial charge in [-0.2, -0.15) is 0 Å². The summed E-state index contributed by atoms with van der Waals surface area (Å²) in [5.41, 5.74) is 3.34. The lowest BCUT2D eigenvalue weighted by Crippen LogP contribution is -2.20. The van der Waals surface area contributed by atoms with Crippen LogP contribution in [0.15, 0.2) is 53.0 Å². The maximum atomic E-state index is 12.9. The minimum atomic E-state index is -0.294. The predicted molar refractivity (Wildman–Crippen MR) is 135 cm³/mol. The van der Waals surface area contributed by atoms with Gasteiger partial charge in [0.15, 0.2) is 23.0 Å². The van der Waals surface area contributed by atoms with Crippen molar-refractivity contribution >= 4 is 44.5 Å². The van der Waals surface area contributed by atoms with Gasteiger partial charge in [-0.05, 0) is 57.4 Å². The molecule has 35 heavy (non-hydrogen) atoms. The molecule has 7 nitrogen and oxygen atoms in total. The molecule has 0 fully saturated rings. The number of carbonyl (C=O) groups excluding carboxylic acids is 1. The molecule has 0 saturated heterocycles. The number of hydrogen-bond acceptors (Lipinski definition) is 8. The van der Waals surface area contributed by atoms with Crippen LogP contribution in [0.25, 0.3) is 21.5 Å². The molecule has 0 radical (unpaired) electrons. The third-order valence-electron chi connectivity index (χ3n) is 6.74. The van der Waals surface area contributed by atoms with E-state index in [2.05, 4.69) is 11.4 Å². The van der Waals surface area contributed by atoms with Gasteiger partial charge in [0.05, 0.1) is 51.3 Å². The Balaban J connectivity index is 1.81. The number of cyclic esters (lactones) is 1. The van der Waals surface area contributed by atoms with Crippen molar-refractivity contribution in [3.8, 4) is 23.0 Å². The SMILES string of the molecule is COc1cc2c3c(c4cc(OC)c(OC)cc4c2cc1OC)C(c1cccs1)C1=C(COC1=O)N3. The van der Waals surface area contributed by atoms with Crippen LogP contribution in [0.4, 0.5) is 5.69 Å². The highest BCUT2D eigenvalue weighted by atomic mass is 32.1. The van der Waals surface area contributed by atoms with Gasteiger partial charge < -0.3 is 29.0 Å². The summed E-state index contributed by atoms with van der Waals surface area (Å²) in [5, 5.41) is 9.39. The van der Waals surface area contributed by atoms with Crippen molar-refractivity contribution in [2.24, 2.45) is 0 Å². The van der Waals surface area contributed by atoms with Gasteiger partial charge in [0.2, 0.25) is 0 Å². The molecule has 6 rings (SSSR count). The number of carbonyl (C=O) groups is 1. The number of fused-ring (bicyclic) bond motifs is 6. The zero-order valence-corrected chi connectivity index (χ0v) is 20.5. The van der Waals surface area contributed by atoms with E-state index in [1.165, 1.54) is 0 Å². The lowest BCUT2D eigenvalue weighted by Gasteiger charge is -2.30. The monoisotopic (exact) mass is 489 g/mol. The maximum absolute atomic E-state index is 12.9. The molecule has 0 spiro atoms. The summed E-state index contributed by atoms with van der Waals surface area (Å²) in [4.78, 5) is 14.0. The van der Waals surface area contributed by atoms with Crippen LogP contribution in [0.1, 0.15) is 16.4 Å². The second kappa shape index (κ2) is 8.09. The van der Waals surface area contributed by atoms with E-state index in [1.807, 2.05) is 35.7 Å². The Labute approximate surface area is 205 Å². The van der Waals surface area contributed by atoms with Gasteiger partial charge in [0, 0.05) is 10.3 Å². The lowest BCUT2D eigenvalue weighted by molar-refractivity contribution is -0.136. The molecule has 1 N–H and O–H groups in total. The first-order chi connectivity index (χ1) is 17.1. The fraction of sp³-hybridized carbons (Fsp3) is 0.222. The van der Waals surface area contributed by atoms with Gasteiger partial charge in [0.1, 0.15) is 6.61 Å². The van der Waals surface area contributed by atoms with E-state index in [9.17, 15) is 4.79 Å². The Morgan fingerprint density at radius 2 is 1.43 bits per heavy atom. The van der Waals surface area contributed by atoms with Crippen LogP contribution in [0.2, 0.25) is 0 Å². The van der Waals surface area contributed by atoms with E-state index < -0.39 is 0 Å². The van der Waals surface area contributed by atoms with Gasteiger partial charge >= 0.3 is 5.97 Å². The Kier molecular flexibility index (Phi) is 5.00. The number of anilines is 1. The zero-order chi connectivity index (χ0) is 24.3. The normalized spacial score (nSPS) is 16.6. The smallest absolute Gasteiger partial charge is 0.337 e. The van der Waals surface area contributed by atoms with Crippen molar-refractivity contribution in [2.75, 3.05) is 40.4 Å². The molecule has 3 heterocycles. The van der Waals surface area contributed by atoms with Gasteiger partial charge in [-0.3, -0.25) is 0 Å². The zero-order valence-electron chi connectivity index (χ0n) is 19.7. The summed E-state index contributed by atoms with van der Waals surface area (Å²) in [5.74, 6) is 1.90. The van der Waals surface area contributed by atoms with Gasteiger partial charge in [0.25, 0.3) is 0 Å². The number of thiophene rings is 1. The van der Waals surface area contributed by atoms with E-state index in [0.29, 0.717) is 28.6 Å². The molecular formula is C27H23NO6S. The van der Waals surface area contributed by atoms with Crippen LogP contribution in [0.3, 0.4) is 0 Å². The van der Waals surface area contributed by atoms with Crippen LogP contribution in [-0.2, 0) is 9.53 Å². The quantitative estimate of drug-likeness (QED) is 0.295. The summed E-state index contributed by atoms with van der Waals surface area (Å²) in [6.45, 7) is 0.217. The van der Waals surface area contributed by atoms with E-state index in [4.69, 9.17) is 23.7 Å². The number of rotatable bonds is 5. The van der Waals surface area contributed by atoms with Crippen LogP contribution < -0.4 is 24.3 Å². The highest BCUT2D eigenvalue weighted by Crippen LogP contribution is 2.53. The molecule has 1 aromatic heterocycles. The van der Waals surface area contributed by atoms with E-state index in [0.717, 1.165) is 43.4 Å². The lowest BCUT2D eigenvalue weighted by atomic mass is 9.80. The van der Waals surface area contributed by atoms with Crippen LogP contribution >= 0.6 is 11.3 Å². The first-order valence-corrected chi connectivity index (χ1v) is 12.0. The van der Waals surface area contributed by atoms with Crippen molar-refractivity contribution < 1.29 is 28.5 Å². The average molecular weight is 490 g/mol. The Morgan fingerprint density at radius 1 is 0.857 bits per heavy atom. The number of nitrogens with one attached hydrogen (secondary N) is 1. The number of hydrogen-bond donors (Lipinski definition) is 1. The van der Waals surface area contributed by atoms with Crippen molar-refractivity contribution in [3.05, 3.63) is 63.5 Å². The summed E-state index contributed by atoms with van der Waals surface area (Å²) in [6, 6.07) is 12.0. The first kappa shape index (κ1) is 21.6. The molecule has 2 aliphatic heterocycles. The van der Waals surface area contributed by atoms with Crippen molar-refractivity contribution in [2.45, 2.75) is 5.92 Å². The molecule has 0 saturated carbocycles. The fourth-order valence-electron chi connectivity index (χ4n) is 5.19. The third-order valence-corrected chi connectivity index (χ3v) is 7.68. The molecular weight excluding hydrogens is 466 g/mol. The standard InChI is InChI=1S/C27H23NO6S/c1-30-18-8-13-14-9-19(31-2)21(33-4)11-16(14)26-23(15(13)10-20(18)32-3)25(22-6-5-7-35-22)24-17(28-26)12-34-27(24)29/h5-11,25,28H,12H2,1-4H3. The van der Waals surface area contributed by atoms with E-state index in [1.54, 1.807) is 39.8 Å². The second-order valence-corrected chi connectivity index (χ2v) is 9.32. The minimum absolute atomic E-state index is 0.217. The minimum Gasteiger partial charge on any atom is -0.493 e. The summed E-state index contributed by atoms with van der Waals surface area (Å²) in [6.07, 6.45) is 0. The Morgan fingerprint density at radius 3 is 2.00 bits per heavy atom. The van der Waals surface area contributed by atoms with Gasteiger partial charge in [-0.1, -0.05) is 6.07 Å². The summed E-state index contributed by atoms with van der Waals surface area (Å²) < 4.78 is 28.1. The Hall–Kier alpha value is -3.91. The molecule has 8 heteroatoms. The number of esters is 1. The molecule has 3 aromatic carbocycles. The van der Waals surface area contributed by atoms with Crippen molar-refractivity contribution in [1.29, 1.82) is 0 Å². The second-order valence-electron chi connectivity index (χ2n) is 8.34. The highest BCUT2D eigenvalue weighted by molar-refractivity contribution is 7.10. The van der Waals surface area contributed by atoms with Crippen molar-refractivity contribution in [1.82, 2.24) is 0 Å². The van der Waals surface area contributed by atoms with E-state index >= 15 is 0 Å². The summed E-state index contributed by atoms with van der Waals surface area (Å²) in [7, 11) is 6.49. The first-order valence-electron chi connectivity index (χ1n) is 11.1. The molecule has 0 aliphatic carbocycles. The van der Waals surface area contributed by atoms with Crippen molar-refractivity contribution in [3.63, 3.8) is 0 Å². The van der Waals surface area contributed by atoms with Gasteiger partial charge in [-0.25, -0.2) is 4.79 Å². The molecule has 2 aliphatic rings.